The van der Waals surface area contributed by atoms with Crippen molar-refractivity contribution in [2.75, 3.05) is 5.32 Å². The number of carbonyl (C=O) groups excluding carboxylic acids is 1. The van der Waals surface area contributed by atoms with Gasteiger partial charge in [-0.3, -0.25) is 4.79 Å². The normalized spacial score (nSPS) is 12.3. The highest BCUT2D eigenvalue weighted by Gasteiger charge is 2.21. The van der Waals surface area contributed by atoms with Gasteiger partial charge in [0.2, 0.25) is 0 Å². The van der Waals surface area contributed by atoms with E-state index in [1.54, 1.807) is 0 Å². The molecule has 3 rings (SSSR count). The summed E-state index contributed by atoms with van der Waals surface area (Å²) in [5.41, 5.74) is 6.15. The Labute approximate surface area is 174 Å². The maximum absolute atomic E-state index is 13.4. The largest absolute Gasteiger partial charge is 0.332 e. The van der Waals surface area contributed by atoms with E-state index < -0.39 is 0 Å². The summed E-state index contributed by atoms with van der Waals surface area (Å²) >= 11 is 0. The van der Waals surface area contributed by atoms with Crippen molar-refractivity contribution >= 4 is 22.5 Å². The van der Waals surface area contributed by atoms with E-state index in [2.05, 4.69) is 68.4 Å². The smallest absolute Gasteiger partial charge is 0.272 e. The van der Waals surface area contributed by atoms with Crippen molar-refractivity contribution in [2.45, 2.75) is 59.4 Å². The Balaban J connectivity index is 2.09. The molecule has 1 aromatic heterocycles. The molecule has 1 heterocycles. The fourth-order valence-corrected chi connectivity index (χ4v) is 3.95. The van der Waals surface area contributed by atoms with E-state index in [0.717, 1.165) is 28.6 Å². The van der Waals surface area contributed by atoms with E-state index in [1.807, 2.05) is 31.2 Å². The summed E-state index contributed by atoms with van der Waals surface area (Å²) in [7, 11) is 0. The van der Waals surface area contributed by atoms with Gasteiger partial charge in [0.1, 0.15) is 5.69 Å². The van der Waals surface area contributed by atoms with Crippen LogP contribution in [-0.2, 0) is 6.54 Å². The number of hydrogen-bond donors (Lipinski definition) is 1. The highest BCUT2D eigenvalue weighted by molar-refractivity contribution is 6.08. The number of amides is 1. The van der Waals surface area contributed by atoms with Crippen LogP contribution in [0.5, 0.6) is 0 Å². The maximum atomic E-state index is 13.4. The van der Waals surface area contributed by atoms with Gasteiger partial charge in [-0.1, -0.05) is 58.0 Å². The van der Waals surface area contributed by atoms with Gasteiger partial charge in [0.05, 0.1) is 0 Å². The summed E-state index contributed by atoms with van der Waals surface area (Å²) in [5, 5.41) is 4.32. The zero-order valence-electron chi connectivity index (χ0n) is 18.3. The fourth-order valence-electron chi connectivity index (χ4n) is 3.95. The third-order valence-corrected chi connectivity index (χ3v) is 5.89. The maximum Gasteiger partial charge on any atom is 0.272 e. The number of aryl methyl sites for hydroxylation is 1. The van der Waals surface area contributed by atoms with Crippen molar-refractivity contribution in [1.29, 1.82) is 0 Å². The van der Waals surface area contributed by atoms with E-state index in [-0.39, 0.29) is 5.91 Å². The minimum Gasteiger partial charge on any atom is -0.332 e. The average molecular weight is 389 g/mol. The number of allylic oxidation sites excluding steroid dienone is 1. The molecule has 0 aliphatic heterocycles. The van der Waals surface area contributed by atoms with Gasteiger partial charge in [-0.25, -0.2) is 0 Å². The summed E-state index contributed by atoms with van der Waals surface area (Å²) in [6.07, 6.45) is 2.87. The summed E-state index contributed by atoms with van der Waals surface area (Å²) < 4.78 is 2.07. The van der Waals surface area contributed by atoms with Crippen LogP contribution in [0.3, 0.4) is 0 Å². The molecule has 1 N–H and O–H groups in total. The highest BCUT2D eigenvalue weighted by Crippen LogP contribution is 2.31. The number of carbonyl (C=O) groups is 1. The molecule has 1 atom stereocenters. The van der Waals surface area contributed by atoms with Crippen molar-refractivity contribution in [3.63, 3.8) is 0 Å². The van der Waals surface area contributed by atoms with Crippen LogP contribution in [0.2, 0.25) is 0 Å². The molecule has 0 saturated heterocycles. The Bertz CT molecular complexity index is 1040. The van der Waals surface area contributed by atoms with Crippen LogP contribution >= 0.6 is 0 Å². The Kier molecular flexibility index (Phi) is 6.26. The second-order valence-corrected chi connectivity index (χ2v) is 8.15. The second-order valence-electron chi connectivity index (χ2n) is 8.15. The van der Waals surface area contributed by atoms with Crippen molar-refractivity contribution in [3.05, 3.63) is 77.5 Å². The van der Waals surface area contributed by atoms with Crippen LogP contribution in [0.15, 0.2) is 55.1 Å². The molecule has 3 aromatic rings. The van der Waals surface area contributed by atoms with Crippen molar-refractivity contribution in [3.8, 4) is 0 Å². The third kappa shape index (κ3) is 4.00. The minimum absolute atomic E-state index is 0.0672. The predicted molar refractivity (Wildman–Crippen MR) is 124 cm³/mol. The predicted octanol–water partition coefficient (Wildman–Crippen LogP) is 7.02. The molecule has 29 heavy (non-hydrogen) atoms. The van der Waals surface area contributed by atoms with Crippen LogP contribution in [0.25, 0.3) is 10.9 Å². The monoisotopic (exact) mass is 388 g/mol. The molecule has 0 aliphatic carbocycles. The van der Waals surface area contributed by atoms with Crippen LogP contribution in [0.1, 0.15) is 73.1 Å². The van der Waals surface area contributed by atoms with E-state index in [0.29, 0.717) is 24.1 Å². The number of rotatable bonds is 7. The van der Waals surface area contributed by atoms with Gasteiger partial charge in [-0.05, 0) is 60.1 Å². The standard InChI is InChI=1S/C26H32N2O/c1-7-15-28-24-14-13-20(17(3)4)16-22(24)19(6)25(28)26(29)27-23-12-10-9-11-21(23)18(5)8-2/h7,9-14,16-18H,1,8,15H2,2-6H3,(H,27,29). The molecule has 1 amide bonds. The number of nitrogens with zero attached hydrogens (tertiary/aromatic N) is 1. The molecular formula is C26H32N2O. The fraction of sp³-hybridized carbons (Fsp3) is 0.346. The van der Waals surface area contributed by atoms with Gasteiger partial charge < -0.3 is 9.88 Å². The number of nitrogens with one attached hydrogen (secondary N) is 1. The summed E-state index contributed by atoms with van der Waals surface area (Å²) in [5.74, 6) is 0.767. The molecule has 0 fully saturated rings. The van der Waals surface area contributed by atoms with Gasteiger partial charge in [0, 0.05) is 23.1 Å². The SMILES string of the molecule is C=CCn1c(C(=O)Nc2ccccc2C(C)CC)c(C)c2cc(C(C)C)ccc21. The number of aromatic nitrogens is 1. The lowest BCUT2D eigenvalue weighted by atomic mass is 9.97. The Morgan fingerprint density at radius 2 is 1.90 bits per heavy atom. The highest BCUT2D eigenvalue weighted by atomic mass is 16.2. The molecule has 0 spiro atoms. The number of anilines is 1. The second kappa shape index (κ2) is 8.69. The van der Waals surface area contributed by atoms with E-state index >= 15 is 0 Å². The molecule has 0 aliphatic rings. The molecule has 0 bridgehead atoms. The Hall–Kier alpha value is -2.81. The molecule has 2 aromatic carbocycles. The Morgan fingerprint density at radius 1 is 1.17 bits per heavy atom. The van der Waals surface area contributed by atoms with Gasteiger partial charge >= 0.3 is 0 Å². The van der Waals surface area contributed by atoms with Crippen LogP contribution in [-0.4, -0.2) is 10.5 Å². The van der Waals surface area contributed by atoms with Crippen LogP contribution < -0.4 is 5.32 Å². The van der Waals surface area contributed by atoms with Crippen LogP contribution in [0, 0.1) is 6.92 Å². The number of benzene rings is 2. The molecule has 3 heteroatoms. The lowest BCUT2D eigenvalue weighted by Gasteiger charge is -2.16. The van der Waals surface area contributed by atoms with Crippen LogP contribution in [0.4, 0.5) is 5.69 Å². The first-order valence-electron chi connectivity index (χ1n) is 10.5. The number of fused-ring (bicyclic) bond motifs is 1. The zero-order chi connectivity index (χ0) is 21.1. The Morgan fingerprint density at radius 3 is 2.55 bits per heavy atom. The van der Waals surface area contributed by atoms with Gasteiger partial charge in [0.15, 0.2) is 0 Å². The summed E-state index contributed by atoms with van der Waals surface area (Å²) in [6.45, 7) is 15.3. The van der Waals surface area contributed by atoms with E-state index in [9.17, 15) is 4.79 Å². The lowest BCUT2D eigenvalue weighted by Crippen LogP contribution is -2.19. The van der Waals surface area contributed by atoms with Crippen molar-refractivity contribution in [2.24, 2.45) is 0 Å². The molecule has 0 radical (unpaired) electrons. The molecular weight excluding hydrogens is 356 g/mol. The quantitative estimate of drug-likeness (QED) is 0.433. The molecule has 3 nitrogen and oxygen atoms in total. The van der Waals surface area contributed by atoms with Gasteiger partial charge in [-0.15, -0.1) is 6.58 Å². The summed E-state index contributed by atoms with van der Waals surface area (Å²) in [6, 6.07) is 14.6. The average Bonchev–Trinajstić information content (AvgIpc) is 2.99. The number of hydrogen-bond acceptors (Lipinski definition) is 1. The van der Waals surface area contributed by atoms with Gasteiger partial charge in [-0.2, -0.15) is 0 Å². The minimum atomic E-state index is -0.0672. The third-order valence-electron chi connectivity index (χ3n) is 5.89. The first-order valence-corrected chi connectivity index (χ1v) is 10.5. The molecule has 152 valence electrons. The molecule has 0 saturated carbocycles. The van der Waals surface area contributed by atoms with Crippen molar-refractivity contribution < 1.29 is 4.79 Å². The summed E-state index contributed by atoms with van der Waals surface area (Å²) in [4.78, 5) is 13.4. The van der Waals surface area contributed by atoms with Gasteiger partial charge in [0.25, 0.3) is 5.91 Å². The topological polar surface area (TPSA) is 34.0 Å². The zero-order valence-corrected chi connectivity index (χ0v) is 18.3. The molecule has 1 unspecified atom stereocenters. The first kappa shape index (κ1) is 20.9. The van der Waals surface area contributed by atoms with E-state index in [4.69, 9.17) is 0 Å². The van der Waals surface area contributed by atoms with Crippen molar-refractivity contribution in [1.82, 2.24) is 4.57 Å². The number of para-hydroxylation sites is 1. The first-order chi connectivity index (χ1) is 13.9. The lowest BCUT2D eigenvalue weighted by molar-refractivity contribution is 0.101. The van der Waals surface area contributed by atoms with E-state index in [1.165, 1.54) is 11.1 Å².